The van der Waals surface area contributed by atoms with Crippen LogP contribution in [0.15, 0.2) is 4.47 Å². The van der Waals surface area contributed by atoms with Crippen molar-refractivity contribution in [2.24, 2.45) is 0 Å². The van der Waals surface area contributed by atoms with Gasteiger partial charge in [-0.1, -0.05) is 12.8 Å². The number of hydrogen-bond donors (Lipinski definition) is 1. The Hall–Kier alpha value is -0.680. The van der Waals surface area contributed by atoms with Gasteiger partial charge in [-0.3, -0.25) is 0 Å². The maximum atomic E-state index is 4.84. The van der Waals surface area contributed by atoms with E-state index in [2.05, 4.69) is 52.1 Å². The van der Waals surface area contributed by atoms with Crippen LogP contribution in [-0.2, 0) is 6.42 Å². The van der Waals surface area contributed by atoms with Crippen molar-refractivity contribution in [3.05, 3.63) is 16.0 Å². The molecule has 112 valence electrons. The highest BCUT2D eigenvalue weighted by Crippen LogP contribution is 2.38. The molecule has 4 nitrogen and oxygen atoms in total. The number of rotatable bonds is 6. The van der Waals surface area contributed by atoms with Crippen LogP contribution in [-0.4, -0.2) is 42.1 Å². The van der Waals surface area contributed by atoms with Crippen molar-refractivity contribution >= 4 is 21.7 Å². The summed E-state index contributed by atoms with van der Waals surface area (Å²) in [6.07, 6.45) is 6.07. The van der Waals surface area contributed by atoms with Gasteiger partial charge in [0.2, 0.25) is 0 Å². The molecule has 2 rings (SSSR count). The van der Waals surface area contributed by atoms with Crippen LogP contribution >= 0.6 is 15.9 Å². The summed E-state index contributed by atoms with van der Waals surface area (Å²) in [6.45, 7) is 3.97. The van der Waals surface area contributed by atoms with Crippen LogP contribution in [0, 0.1) is 0 Å². The topological polar surface area (TPSA) is 41.1 Å². The fraction of sp³-hybridized carbons (Fsp3) is 0.733. The Morgan fingerprint density at radius 3 is 2.55 bits per heavy atom. The van der Waals surface area contributed by atoms with E-state index in [1.807, 2.05) is 0 Å². The molecule has 0 aliphatic heterocycles. The maximum Gasteiger partial charge on any atom is 0.144 e. The van der Waals surface area contributed by atoms with Gasteiger partial charge in [0.1, 0.15) is 11.6 Å². The van der Waals surface area contributed by atoms with Gasteiger partial charge in [-0.15, -0.1) is 0 Å². The van der Waals surface area contributed by atoms with Crippen molar-refractivity contribution in [3.63, 3.8) is 0 Å². The molecule has 0 saturated heterocycles. The first-order valence-corrected chi connectivity index (χ1v) is 8.36. The quantitative estimate of drug-likeness (QED) is 0.861. The zero-order valence-electron chi connectivity index (χ0n) is 12.7. The average molecular weight is 341 g/mol. The minimum absolute atomic E-state index is 0.600. The second-order valence-corrected chi connectivity index (χ2v) is 6.55. The Morgan fingerprint density at radius 2 is 1.95 bits per heavy atom. The van der Waals surface area contributed by atoms with Crippen molar-refractivity contribution in [2.75, 3.05) is 32.5 Å². The number of halogens is 1. The van der Waals surface area contributed by atoms with Crippen LogP contribution in [0.1, 0.15) is 50.0 Å². The Balaban J connectivity index is 2.27. The van der Waals surface area contributed by atoms with E-state index in [9.17, 15) is 0 Å². The van der Waals surface area contributed by atoms with Crippen LogP contribution in [0.2, 0.25) is 0 Å². The van der Waals surface area contributed by atoms with Crippen LogP contribution in [0.25, 0.3) is 0 Å². The highest BCUT2D eigenvalue weighted by molar-refractivity contribution is 9.10. The second-order valence-electron chi connectivity index (χ2n) is 5.75. The van der Waals surface area contributed by atoms with E-state index in [4.69, 9.17) is 4.98 Å². The van der Waals surface area contributed by atoms with Crippen molar-refractivity contribution in [1.29, 1.82) is 0 Å². The summed E-state index contributed by atoms with van der Waals surface area (Å²) in [5.74, 6) is 2.51. The lowest BCUT2D eigenvalue weighted by atomic mass is 10.0. The first-order valence-electron chi connectivity index (χ1n) is 7.56. The largest absolute Gasteiger partial charge is 0.369 e. The zero-order chi connectivity index (χ0) is 14.5. The number of nitrogens with zero attached hydrogens (tertiary/aromatic N) is 3. The summed E-state index contributed by atoms with van der Waals surface area (Å²) in [4.78, 5) is 11.7. The lowest BCUT2D eigenvalue weighted by Gasteiger charge is -2.17. The molecule has 0 radical (unpaired) electrons. The molecule has 0 atom stereocenters. The van der Waals surface area contributed by atoms with Crippen molar-refractivity contribution < 1.29 is 0 Å². The summed E-state index contributed by atoms with van der Waals surface area (Å²) >= 11 is 3.71. The fourth-order valence-electron chi connectivity index (χ4n) is 2.70. The van der Waals surface area contributed by atoms with Crippen molar-refractivity contribution in [2.45, 2.75) is 44.9 Å². The predicted octanol–water partition coefficient (Wildman–Crippen LogP) is 3.43. The molecule has 1 aromatic heterocycles. The lowest BCUT2D eigenvalue weighted by molar-refractivity contribution is 0.409. The number of hydrogen-bond acceptors (Lipinski definition) is 4. The fourth-order valence-corrected chi connectivity index (χ4v) is 3.34. The Kier molecular flexibility index (Phi) is 5.78. The molecule has 1 aromatic rings. The van der Waals surface area contributed by atoms with Gasteiger partial charge in [0, 0.05) is 25.4 Å². The molecule has 0 aromatic carbocycles. The average Bonchev–Trinajstić information content (AvgIpc) is 2.93. The normalized spacial score (nSPS) is 16.1. The Bertz CT molecular complexity index is 442. The van der Waals surface area contributed by atoms with Gasteiger partial charge in [-0.2, -0.15) is 0 Å². The third-order valence-electron chi connectivity index (χ3n) is 3.79. The van der Waals surface area contributed by atoms with Gasteiger partial charge >= 0.3 is 0 Å². The van der Waals surface area contributed by atoms with Gasteiger partial charge in [-0.05, 0) is 49.8 Å². The minimum Gasteiger partial charge on any atom is -0.369 e. The Morgan fingerprint density at radius 1 is 1.25 bits per heavy atom. The molecule has 5 heteroatoms. The molecule has 1 N–H and O–H groups in total. The molecule has 0 spiro atoms. The molecular weight excluding hydrogens is 316 g/mol. The summed E-state index contributed by atoms with van der Waals surface area (Å²) in [7, 11) is 4.17. The molecule has 1 heterocycles. The number of aromatic nitrogens is 2. The summed E-state index contributed by atoms with van der Waals surface area (Å²) in [5.41, 5.74) is 1.21. The summed E-state index contributed by atoms with van der Waals surface area (Å²) in [6, 6.07) is 0. The van der Waals surface area contributed by atoms with Gasteiger partial charge < -0.3 is 10.2 Å². The highest BCUT2D eigenvalue weighted by atomic mass is 79.9. The monoisotopic (exact) mass is 340 g/mol. The summed E-state index contributed by atoms with van der Waals surface area (Å²) < 4.78 is 1.07. The molecule has 1 fully saturated rings. The highest BCUT2D eigenvalue weighted by Gasteiger charge is 2.23. The van der Waals surface area contributed by atoms with Crippen molar-refractivity contribution in [3.8, 4) is 0 Å². The van der Waals surface area contributed by atoms with Gasteiger partial charge in [0.25, 0.3) is 0 Å². The second kappa shape index (κ2) is 7.36. The van der Waals surface area contributed by atoms with Gasteiger partial charge in [0.15, 0.2) is 0 Å². The smallest absolute Gasteiger partial charge is 0.144 e. The van der Waals surface area contributed by atoms with E-state index >= 15 is 0 Å². The lowest BCUT2D eigenvalue weighted by Crippen LogP contribution is -2.18. The zero-order valence-corrected chi connectivity index (χ0v) is 14.3. The van der Waals surface area contributed by atoms with E-state index in [0.29, 0.717) is 5.92 Å². The molecular formula is C15H25BrN4. The molecule has 0 bridgehead atoms. The van der Waals surface area contributed by atoms with Crippen LogP contribution in [0.3, 0.4) is 0 Å². The van der Waals surface area contributed by atoms with Gasteiger partial charge in [0.05, 0.1) is 10.2 Å². The number of likely N-dealkylation sites (N-methyl/N-ethyl adjacent to an activating group) is 1. The standard InChI is InChI=1S/C15H25BrN4/c1-4-17-15-13(16)14(11-7-5-6-8-11)18-12(19-15)9-10-20(2)3/h11H,4-10H2,1-3H3,(H,17,18,19). The summed E-state index contributed by atoms with van der Waals surface area (Å²) in [5, 5.41) is 3.36. The molecule has 20 heavy (non-hydrogen) atoms. The van der Waals surface area contributed by atoms with Crippen LogP contribution in [0.4, 0.5) is 5.82 Å². The van der Waals surface area contributed by atoms with E-state index in [0.717, 1.165) is 35.6 Å². The molecule has 1 aliphatic rings. The van der Waals surface area contributed by atoms with E-state index < -0.39 is 0 Å². The third-order valence-corrected chi connectivity index (χ3v) is 4.57. The van der Waals surface area contributed by atoms with E-state index in [1.54, 1.807) is 0 Å². The van der Waals surface area contributed by atoms with Gasteiger partial charge in [-0.25, -0.2) is 9.97 Å². The Labute approximate surface area is 130 Å². The first kappa shape index (κ1) is 15.7. The van der Waals surface area contributed by atoms with E-state index in [1.165, 1.54) is 31.4 Å². The first-order chi connectivity index (χ1) is 9.61. The molecule has 0 amide bonds. The molecule has 0 unspecified atom stereocenters. The number of anilines is 1. The minimum atomic E-state index is 0.600. The SMILES string of the molecule is CCNc1nc(CCN(C)C)nc(C2CCCC2)c1Br. The van der Waals surface area contributed by atoms with Crippen LogP contribution < -0.4 is 5.32 Å². The van der Waals surface area contributed by atoms with E-state index in [-0.39, 0.29) is 0 Å². The number of nitrogens with one attached hydrogen (secondary N) is 1. The van der Waals surface area contributed by atoms with Crippen molar-refractivity contribution in [1.82, 2.24) is 14.9 Å². The predicted molar refractivity (Wildman–Crippen MR) is 87.4 cm³/mol. The molecule has 1 aliphatic carbocycles. The molecule has 1 saturated carbocycles. The van der Waals surface area contributed by atoms with Crippen LogP contribution in [0.5, 0.6) is 0 Å². The maximum absolute atomic E-state index is 4.84. The third kappa shape index (κ3) is 3.92.